The summed E-state index contributed by atoms with van der Waals surface area (Å²) in [6.07, 6.45) is 1.74. The molecule has 3 nitrogen and oxygen atoms in total. The first-order valence-corrected chi connectivity index (χ1v) is 7.46. The van der Waals surface area contributed by atoms with Crippen LogP contribution in [0.1, 0.15) is 34.1 Å². The summed E-state index contributed by atoms with van der Waals surface area (Å²) in [5.41, 5.74) is 5.44. The van der Waals surface area contributed by atoms with Gasteiger partial charge in [-0.2, -0.15) is 0 Å². The zero-order chi connectivity index (χ0) is 15.4. The Morgan fingerprint density at radius 3 is 2.43 bits per heavy atom. The number of aryl methyl sites for hydroxylation is 3. The Hall–Kier alpha value is -1.58. The number of benzene rings is 1. The summed E-state index contributed by atoms with van der Waals surface area (Å²) in [6, 6.07) is 8.79. The van der Waals surface area contributed by atoms with Crippen molar-refractivity contribution in [3.05, 3.63) is 58.5 Å². The highest BCUT2D eigenvalue weighted by molar-refractivity contribution is 5.36. The monoisotopic (exact) mass is 286 g/mol. The normalized spacial score (nSPS) is 12.9. The molecule has 21 heavy (non-hydrogen) atoms. The van der Waals surface area contributed by atoms with E-state index in [1.807, 2.05) is 12.1 Å². The van der Waals surface area contributed by atoms with Gasteiger partial charge in [-0.15, -0.1) is 0 Å². The van der Waals surface area contributed by atoms with Crippen molar-refractivity contribution in [1.29, 1.82) is 0 Å². The van der Waals surface area contributed by atoms with Gasteiger partial charge >= 0.3 is 0 Å². The molecule has 1 heterocycles. The van der Waals surface area contributed by atoms with Gasteiger partial charge in [-0.1, -0.05) is 12.1 Å². The van der Waals surface area contributed by atoms with E-state index in [2.05, 4.69) is 57.2 Å². The minimum atomic E-state index is 0.256. The first kappa shape index (κ1) is 15.8. The lowest BCUT2D eigenvalue weighted by Crippen LogP contribution is -2.30. The summed E-state index contributed by atoms with van der Waals surface area (Å²) < 4.78 is 5.54. The van der Waals surface area contributed by atoms with E-state index < -0.39 is 0 Å². The van der Waals surface area contributed by atoms with Crippen LogP contribution in [0, 0.1) is 20.8 Å². The molecule has 2 aromatic rings. The first-order chi connectivity index (χ1) is 9.99. The molecule has 0 aliphatic carbocycles. The molecule has 0 radical (unpaired) electrons. The fourth-order valence-corrected chi connectivity index (χ4v) is 2.57. The average Bonchev–Trinajstić information content (AvgIpc) is 2.93. The SMILES string of the molecule is Cc1cc(C)c(CNCC(c2ccco2)N(C)C)cc1C. The average molecular weight is 286 g/mol. The maximum Gasteiger partial charge on any atom is 0.122 e. The molecule has 1 N–H and O–H groups in total. The molecule has 0 fully saturated rings. The van der Waals surface area contributed by atoms with E-state index >= 15 is 0 Å². The summed E-state index contributed by atoms with van der Waals surface area (Å²) >= 11 is 0. The van der Waals surface area contributed by atoms with E-state index in [1.54, 1.807) is 6.26 Å². The standard InChI is InChI=1S/C18H26N2O/c1-13-9-15(3)16(10-14(13)2)11-19-12-17(20(4)5)18-7-6-8-21-18/h6-10,17,19H,11-12H2,1-5H3. The summed E-state index contributed by atoms with van der Waals surface area (Å²) in [7, 11) is 4.16. The van der Waals surface area contributed by atoms with Crippen molar-refractivity contribution in [3.8, 4) is 0 Å². The molecule has 1 atom stereocenters. The third kappa shape index (κ3) is 3.96. The molecule has 0 bridgehead atoms. The highest BCUT2D eigenvalue weighted by atomic mass is 16.3. The molecule has 0 saturated carbocycles. The van der Waals surface area contributed by atoms with E-state index in [0.29, 0.717) is 0 Å². The second-order valence-corrected chi connectivity index (χ2v) is 5.99. The Balaban J connectivity index is 1.98. The summed E-state index contributed by atoms with van der Waals surface area (Å²) in [5, 5.41) is 3.56. The van der Waals surface area contributed by atoms with Gasteiger partial charge in [-0.25, -0.2) is 0 Å². The molecule has 0 saturated heterocycles. The van der Waals surface area contributed by atoms with Crippen LogP contribution in [0.5, 0.6) is 0 Å². The predicted molar refractivity (Wildman–Crippen MR) is 87.5 cm³/mol. The van der Waals surface area contributed by atoms with Crippen LogP contribution >= 0.6 is 0 Å². The van der Waals surface area contributed by atoms with Crippen molar-refractivity contribution >= 4 is 0 Å². The van der Waals surface area contributed by atoms with Crippen LogP contribution in [0.25, 0.3) is 0 Å². The van der Waals surface area contributed by atoms with Gasteiger partial charge in [0.1, 0.15) is 5.76 Å². The second-order valence-electron chi connectivity index (χ2n) is 5.99. The molecule has 1 aromatic carbocycles. The van der Waals surface area contributed by atoms with Crippen LogP contribution in [0.2, 0.25) is 0 Å². The molecular weight excluding hydrogens is 260 g/mol. The van der Waals surface area contributed by atoms with Crippen LogP contribution in [-0.2, 0) is 6.54 Å². The lowest BCUT2D eigenvalue weighted by molar-refractivity contribution is 0.250. The Morgan fingerprint density at radius 1 is 1.10 bits per heavy atom. The minimum absolute atomic E-state index is 0.256. The number of furan rings is 1. The van der Waals surface area contributed by atoms with Crippen molar-refractivity contribution in [2.45, 2.75) is 33.4 Å². The molecule has 0 spiro atoms. The predicted octanol–water partition coefficient (Wildman–Crippen LogP) is 3.60. The van der Waals surface area contributed by atoms with Gasteiger partial charge in [0, 0.05) is 13.1 Å². The quantitative estimate of drug-likeness (QED) is 0.879. The lowest BCUT2D eigenvalue weighted by atomic mass is 10.0. The molecule has 0 aliphatic rings. The van der Waals surface area contributed by atoms with Crippen LogP contribution in [0.4, 0.5) is 0 Å². The number of hydrogen-bond donors (Lipinski definition) is 1. The van der Waals surface area contributed by atoms with E-state index in [4.69, 9.17) is 4.42 Å². The molecule has 0 amide bonds. The zero-order valence-corrected chi connectivity index (χ0v) is 13.7. The molecule has 2 rings (SSSR count). The van der Waals surface area contributed by atoms with Crippen LogP contribution in [-0.4, -0.2) is 25.5 Å². The van der Waals surface area contributed by atoms with Crippen molar-refractivity contribution in [3.63, 3.8) is 0 Å². The van der Waals surface area contributed by atoms with Crippen LogP contribution in [0.3, 0.4) is 0 Å². The fraction of sp³-hybridized carbons (Fsp3) is 0.444. The maximum absolute atomic E-state index is 5.54. The van der Waals surface area contributed by atoms with Gasteiger partial charge in [0.05, 0.1) is 12.3 Å². The largest absolute Gasteiger partial charge is 0.468 e. The smallest absolute Gasteiger partial charge is 0.122 e. The van der Waals surface area contributed by atoms with Crippen LogP contribution in [0.15, 0.2) is 34.9 Å². The number of nitrogens with one attached hydrogen (secondary N) is 1. The molecule has 1 aromatic heterocycles. The van der Waals surface area contributed by atoms with Gasteiger partial charge in [-0.3, -0.25) is 4.90 Å². The molecular formula is C18H26N2O. The van der Waals surface area contributed by atoms with Gasteiger partial charge < -0.3 is 9.73 Å². The zero-order valence-electron chi connectivity index (χ0n) is 13.7. The van der Waals surface area contributed by atoms with Crippen LogP contribution < -0.4 is 5.32 Å². The van der Waals surface area contributed by atoms with Gasteiger partial charge in [0.2, 0.25) is 0 Å². The van der Waals surface area contributed by atoms with Crippen molar-refractivity contribution in [2.75, 3.05) is 20.6 Å². The summed E-state index contributed by atoms with van der Waals surface area (Å²) in [5.74, 6) is 1.00. The maximum atomic E-state index is 5.54. The third-order valence-corrected chi connectivity index (χ3v) is 4.10. The van der Waals surface area contributed by atoms with E-state index in [9.17, 15) is 0 Å². The fourth-order valence-electron chi connectivity index (χ4n) is 2.57. The molecule has 3 heteroatoms. The highest BCUT2D eigenvalue weighted by Gasteiger charge is 2.16. The number of rotatable bonds is 6. The second kappa shape index (κ2) is 6.92. The Labute approximate surface area is 128 Å². The third-order valence-electron chi connectivity index (χ3n) is 4.10. The topological polar surface area (TPSA) is 28.4 Å². The number of hydrogen-bond acceptors (Lipinski definition) is 3. The Bertz CT molecular complexity index is 573. The van der Waals surface area contributed by atoms with Crippen molar-refractivity contribution < 1.29 is 4.42 Å². The number of likely N-dealkylation sites (N-methyl/N-ethyl adjacent to an activating group) is 1. The molecule has 114 valence electrons. The van der Waals surface area contributed by atoms with E-state index in [-0.39, 0.29) is 6.04 Å². The Morgan fingerprint density at radius 2 is 1.81 bits per heavy atom. The van der Waals surface area contributed by atoms with Crippen molar-refractivity contribution in [1.82, 2.24) is 10.2 Å². The van der Waals surface area contributed by atoms with Gasteiger partial charge in [-0.05, 0) is 69.3 Å². The number of nitrogens with zero attached hydrogens (tertiary/aromatic N) is 1. The highest BCUT2D eigenvalue weighted by Crippen LogP contribution is 2.19. The van der Waals surface area contributed by atoms with Gasteiger partial charge in [0.15, 0.2) is 0 Å². The molecule has 1 unspecified atom stereocenters. The minimum Gasteiger partial charge on any atom is -0.468 e. The summed E-state index contributed by atoms with van der Waals surface area (Å²) in [4.78, 5) is 2.18. The lowest BCUT2D eigenvalue weighted by Gasteiger charge is -2.23. The van der Waals surface area contributed by atoms with E-state index in [0.717, 1.165) is 18.8 Å². The Kier molecular flexibility index (Phi) is 5.21. The summed E-state index contributed by atoms with van der Waals surface area (Å²) in [6.45, 7) is 8.27. The van der Waals surface area contributed by atoms with E-state index in [1.165, 1.54) is 22.3 Å². The van der Waals surface area contributed by atoms with Gasteiger partial charge in [0.25, 0.3) is 0 Å². The first-order valence-electron chi connectivity index (χ1n) is 7.46. The molecule has 0 aliphatic heterocycles. The van der Waals surface area contributed by atoms with Crippen molar-refractivity contribution in [2.24, 2.45) is 0 Å².